The number of hydrogen-bond donors (Lipinski definition) is 2. The molecule has 1 fully saturated rings. The van der Waals surface area contributed by atoms with Crippen LogP contribution in [0.5, 0.6) is 0 Å². The molecule has 4 nitrogen and oxygen atoms in total. The molecule has 0 aromatic heterocycles. The third kappa shape index (κ3) is 2.63. The van der Waals surface area contributed by atoms with Crippen molar-refractivity contribution in [3.05, 3.63) is 29.6 Å². The molecule has 1 heterocycles. The molecule has 0 aliphatic carbocycles. The number of hydrogen-bond acceptors (Lipinski definition) is 4. The molecule has 1 aromatic carbocycles. The van der Waals surface area contributed by atoms with Gasteiger partial charge in [-0.3, -0.25) is 0 Å². The van der Waals surface area contributed by atoms with Crippen molar-refractivity contribution in [1.29, 1.82) is 0 Å². The van der Waals surface area contributed by atoms with Gasteiger partial charge in [-0.25, -0.2) is 4.39 Å². The Balaban J connectivity index is 2.27. The molecule has 0 spiro atoms. The van der Waals surface area contributed by atoms with Gasteiger partial charge in [0.15, 0.2) is 0 Å². The quantitative estimate of drug-likeness (QED) is 0.840. The molecule has 18 heavy (non-hydrogen) atoms. The van der Waals surface area contributed by atoms with Crippen molar-refractivity contribution in [3.8, 4) is 0 Å². The van der Waals surface area contributed by atoms with Gasteiger partial charge in [-0.05, 0) is 19.1 Å². The largest absolute Gasteiger partial charge is 0.394 e. The van der Waals surface area contributed by atoms with Crippen LogP contribution in [0.15, 0.2) is 18.2 Å². The summed E-state index contributed by atoms with van der Waals surface area (Å²) < 4.78 is 19.3. The number of halogens is 1. The Morgan fingerprint density at radius 3 is 2.94 bits per heavy atom. The lowest BCUT2D eigenvalue weighted by Crippen LogP contribution is -2.48. The summed E-state index contributed by atoms with van der Waals surface area (Å²) in [5.41, 5.74) is 6.93. The summed E-state index contributed by atoms with van der Waals surface area (Å²) in [5, 5.41) is 9.20. The summed E-state index contributed by atoms with van der Waals surface area (Å²) in [5.74, 6) is -0.283. The van der Waals surface area contributed by atoms with Crippen molar-refractivity contribution < 1.29 is 14.2 Å². The Morgan fingerprint density at radius 2 is 2.28 bits per heavy atom. The van der Waals surface area contributed by atoms with E-state index in [4.69, 9.17) is 10.5 Å². The molecule has 1 aromatic rings. The number of aliphatic hydroxyl groups excluding tert-OH is 1. The smallest absolute Gasteiger partial charge is 0.129 e. The minimum atomic E-state index is -0.283. The lowest BCUT2D eigenvalue weighted by molar-refractivity contribution is -0.0421. The predicted molar refractivity (Wildman–Crippen MR) is 67.9 cm³/mol. The average molecular weight is 254 g/mol. The fourth-order valence-electron chi connectivity index (χ4n) is 2.39. The Bertz CT molecular complexity index is 414. The third-order valence-electron chi connectivity index (χ3n) is 3.17. The summed E-state index contributed by atoms with van der Waals surface area (Å²) >= 11 is 0. The number of rotatable bonds is 3. The van der Waals surface area contributed by atoms with Crippen LogP contribution in [0, 0.1) is 5.82 Å². The number of benzene rings is 1. The van der Waals surface area contributed by atoms with Gasteiger partial charge in [0.2, 0.25) is 0 Å². The molecule has 0 radical (unpaired) electrons. The molecule has 1 aliphatic heterocycles. The number of anilines is 1. The molecule has 0 saturated carbocycles. The standard InChI is InChI=1S/C13H19FN2O2/c1-9-6-16(7-10(8-17)18-9)13-4-2-3-12(14)11(13)5-15/h2-4,9-10,17H,5-8,15H2,1H3. The normalized spacial score (nSPS) is 24.3. The van der Waals surface area contributed by atoms with Crippen LogP contribution in [0.4, 0.5) is 10.1 Å². The van der Waals surface area contributed by atoms with Crippen molar-refractivity contribution in [2.75, 3.05) is 24.6 Å². The lowest BCUT2D eigenvalue weighted by atomic mass is 10.1. The van der Waals surface area contributed by atoms with Crippen molar-refractivity contribution in [2.45, 2.75) is 25.7 Å². The summed E-state index contributed by atoms with van der Waals surface area (Å²) in [6, 6.07) is 4.95. The van der Waals surface area contributed by atoms with E-state index in [-0.39, 0.29) is 31.2 Å². The van der Waals surface area contributed by atoms with Crippen molar-refractivity contribution in [3.63, 3.8) is 0 Å². The summed E-state index contributed by atoms with van der Waals surface area (Å²) in [7, 11) is 0. The Hall–Kier alpha value is -1.17. The van der Waals surface area contributed by atoms with E-state index in [0.717, 1.165) is 5.69 Å². The first-order valence-corrected chi connectivity index (χ1v) is 6.14. The maximum Gasteiger partial charge on any atom is 0.129 e. The van der Waals surface area contributed by atoms with E-state index in [1.165, 1.54) is 6.07 Å². The topological polar surface area (TPSA) is 58.7 Å². The van der Waals surface area contributed by atoms with Crippen LogP contribution in [0.25, 0.3) is 0 Å². The Morgan fingerprint density at radius 1 is 1.50 bits per heavy atom. The first-order chi connectivity index (χ1) is 8.65. The summed E-state index contributed by atoms with van der Waals surface area (Å²) in [6.07, 6.45) is -0.229. The number of morpholine rings is 1. The molecule has 0 amide bonds. The van der Waals surface area contributed by atoms with Crippen LogP contribution in [0.2, 0.25) is 0 Å². The molecule has 2 atom stereocenters. The second-order valence-corrected chi connectivity index (χ2v) is 4.60. The number of nitrogens with two attached hydrogens (primary N) is 1. The van der Waals surface area contributed by atoms with Gasteiger partial charge >= 0.3 is 0 Å². The molecule has 1 aliphatic rings. The highest BCUT2D eigenvalue weighted by Gasteiger charge is 2.26. The zero-order valence-electron chi connectivity index (χ0n) is 10.5. The number of ether oxygens (including phenoxy) is 1. The Labute approximate surface area is 106 Å². The lowest BCUT2D eigenvalue weighted by Gasteiger charge is -2.38. The van der Waals surface area contributed by atoms with Gasteiger partial charge in [0.1, 0.15) is 5.82 Å². The van der Waals surface area contributed by atoms with Gasteiger partial charge in [-0.1, -0.05) is 6.07 Å². The zero-order valence-corrected chi connectivity index (χ0v) is 10.5. The van der Waals surface area contributed by atoms with Crippen LogP contribution in [0.3, 0.4) is 0 Å². The van der Waals surface area contributed by atoms with Gasteiger partial charge in [0, 0.05) is 30.9 Å². The second-order valence-electron chi connectivity index (χ2n) is 4.60. The first-order valence-electron chi connectivity index (χ1n) is 6.14. The van der Waals surface area contributed by atoms with Crippen LogP contribution < -0.4 is 10.6 Å². The van der Waals surface area contributed by atoms with Crippen molar-refractivity contribution in [1.82, 2.24) is 0 Å². The minimum absolute atomic E-state index is 0.00444. The van der Waals surface area contributed by atoms with E-state index >= 15 is 0 Å². The second kappa shape index (κ2) is 5.65. The highest BCUT2D eigenvalue weighted by molar-refractivity contribution is 5.54. The van der Waals surface area contributed by atoms with Crippen LogP contribution in [-0.4, -0.2) is 37.0 Å². The van der Waals surface area contributed by atoms with Gasteiger partial charge < -0.3 is 20.5 Å². The fourth-order valence-corrected chi connectivity index (χ4v) is 2.39. The molecule has 3 N–H and O–H groups in total. The van der Waals surface area contributed by atoms with Gasteiger partial charge in [0.05, 0.1) is 18.8 Å². The van der Waals surface area contributed by atoms with E-state index in [9.17, 15) is 9.50 Å². The van der Waals surface area contributed by atoms with Gasteiger partial charge in [-0.15, -0.1) is 0 Å². The fraction of sp³-hybridized carbons (Fsp3) is 0.538. The third-order valence-corrected chi connectivity index (χ3v) is 3.17. The SMILES string of the molecule is CC1CN(c2cccc(F)c2CN)CC(CO)O1. The van der Waals surface area contributed by atoms with Crippen molar-refractivity contribution in [2.24, 2.45) is 5.73 Å². The highest BCUT2D eigenvalue weighted by Crippen LogP contribution is 2.26. The van der Waals surface area contributed by atoms with E-state index in [1.54, 1.807) is 6.07 Å². The van der Waals surface area contributed by atoms with Crippen molar-refractivity contribution >= 4 is 5.69 Å². The van der Waals surface area contributed by atoms with E-state index in [2.05, 4.69) is 0 Å². The first kappa shape index (κ1) is 13.3. The summed E-state index contributed by atoms with van der Waals surface area (Å²) in [6.45, 7) is 3.30. The van der Waals surface area contributed by atoms with Crippen LogP contribution in [-0.2, 0) is 11.3 Å². The van der Waals surface area contributed by atoms with Gasteiger partial charge in [0.25, 0.3) is 0 Å². The molecule has 1 saturated heterocycles. The molecular formula is C13H19FN2O2. The average Bonchev–Trinajstić information content (AvgIpc) is 2.37. The monoisotopic (exact) mass is 254 g/mol. The predicted octanol–water partition coefficient (Wildman–Crippen LogP) is 0.870. The molecule has 5 heteroatoms. The maximum absolute atomic E-state index is 13.7. The Kier molecular flexibility index (Phi) is 4.16. The number of nitrogens with zero attached hydrogens (tertiary/aromatic N) is 1. The maximum atomic E-state index is 13.7. The number of aliphatic hydroxyl groups is 1. The molecule has 0 bridgehead atoms. The molecule has 100 valence electrons. The summed E-state index contributed by atoms with van der Waals surface area (Å²) in [4.78, 5) is 2.03. The minimum Gasteiger partial charge on any atom is -0.394 e. The van der Waals surface area contributed by atoms with Gasteiger partial charge in [-0.2, -0.15) is 0 Å². The van der Waals surface area contributed by atoms with E-state index in [0.29, 0.717) is 18.7 Å². The molecular weight excluding hydrogens is 235 g/mol. The van der Waals surface area contributed by atoms with E-state index in [1.807, 2.05) is 17.9 Å². The highest BCUT2D eigenvalue weighted by atomic mass is 19.1. The zero-order chi connectivity index (χ0) is 13.1. The van der Waals surface area contributed by atoms with Crippen LogP contribution >= 0.6 is 0 Å². The van der Waals surface area contributed by atoms with Crippen LogP contribution in [0.1, 0.15) is 12.5 Å². The molecule has 2 rings (SSSR count). The molecule has 2 unspecified atom stereocenters. The van der Waals surface area contributed by atoms with E-state index < -0.39 is 0 Å².